The minimum atomic E-state index is -1.60. The summed E-state index contributed by atoms with van der Waals surface area (Å²) in [7, 11) is 1.39. The fraction of sp³-hybridized carbons (Fsp3) is 0.467. The molecule has 0 unspecified atom stereocenters. The van der Waals surface area contributed by atoms with Crippen molar-refractivity contribution in [3.05, 3.63) is 23.8 Å². The van der Waals surface area contributed by atoms with Gasteiger partial charge in [-0.2, -0.15) is 5.10 Å². The van der Waals surface area contributed by atoms with Crippen molar-refractivity contribution in [3.8, 4) is 11.5 Å². The molecule has 1 aliphatic heterocycles. The zero-order valence-corrected chi connectivity index (χ0v) is 13.8. The molecular formula is C15H21N3O8. The van der Waals surface area contributed by atoms with Crippen LogP contribution in [-0.4, -0.2) is 82.1 Å². The monoisotopic (exact) mass is 371 g/mol. The van der Waals surface area contributed by atoms with Crippen LogP contribution in [0.5, 0.6) is 11.5 Å². The zero-order chi connectivity index (χ0) is 19.3. The van der Waals surface area contributed by atoms with Crippen LogP contribution in [0.15, 0.2) is 23.3 Å². The number of amides is 2. The van der Waals surface area contributed by atoms with Gasteiger partial charge in [0.25, 0.3) is 0 Å². The van der Waals surface area contributed by atoms with E-state index in [1.165, 1.54) is 25.5 Å². The molecule has 0 aromatic heterocycles. The molecule has 1 heterocycles. The van der Waals surface area contributed by atoms with Crippen molar-refractivity contribution in [1.29, 1.82) is 0 Å². The summed E-state index contributed by atoms with van der Waals surface area (Å²) in [6, 6.07) is 3.58. The number of aromatic hydroxyl groups is 1. The van der Waals surface area contributed by atoms with Gasteiger partial charge in [0.2, 0.25) is 0 Å². The summed E-state index contributed by atoms with van der Waals surface area (Å²) >= 11 is 0. The van der Waals surface area contributed by atoms with Crippen LogP contribution in [0.3, 0.4) is 0 Å². The number of phenols is 1. The molecule has 1 aliphatic rings. The average Bonchev–Trinajstić information content (AvgIpc) is 2.63. The predicted molar refractivity (Wildman–Crippen MR) is 87.7 cm³/mol. The molecule has 1 aromatic rings. The van der Waals surface area contributed by atoms with Crippen molar-refractivity contribution < 1.29 is 39.8 Å². The number of nitrogens with one attached hydrogen (secondary N) is 2. The number of hydrogen-bond donors (Lipinski definition) is 7. The second-order valence-corrected chi connectivity index (χ2v) is 5.52. The van der Waals surface area contributed by atoms with Crippen molar-refractivity contribution in [2.75, 3.05) is 13.7 Å². The molecule has 144 valence electrons. The second-order valence-electron chi connectivity index (χ2n) is 5.52. The van der Waals surface area contributed by atoms with E-state index in [4.69, 9.17) is 14.6 Å². The summed E-state index contributed by atoms with van der Waals surface area (Å²) in [5.74, 6) is 0.192. The second kappa shape index (κ2) is 8.78. The molecule has 0 bridgehead atoms. The van der Waals surface area contributed by atoms with E-state index in [9.17, 15) is 25.2 Å². The summed E-state index contributed by atoms with van der Waals surface area (Å²) in [6.45, 7) is -0.606. The van der Waals surface area contributed by atoms with Gasteiger partial charge in [0.05, 0.1) is 19.9 Å². The Kier molecular flexibility index (Phi) is 6.71. The molecular weight excluding hydrogens is 350 g/mol. The molecule has 0 aliphatic carbocycles. The Bertz CT molecular complexity index is 654. The number of aliphatic hydroxyl groups is 4. The van der Waals surface area contributed by atoms with Gasteiger partial charge in [-0.05, 0) is 23.8 Å². The number of benzene rings is 1. The van der Waals surface area contributed by atoms with Crippen LogP contribution in [0.2, 0.25) is 0 Å². The number of carbonyl (C=O) groups is 1. The highest BCUT2D eigenvalue weighted by Gasteiger charge is 2.43. The summed E-state index contributed by atoms with van der Waals surface area (Å²) in [6.07, 6.45) is -5.91. The highest BCUT2D eigenvalue weighted by Crippen LogP contribution is 2.25. The maximum Gasteiger partial charge on any atom is 0.337 e. The van der Waals surface area contributed by atoms with Crippen LogP contribution >= 0.6 is 0 Å². The predicted octanol–water partition coefficient (Wildman–Crippen LogP) is -2.17. The van der Waals surface area contributed by atoms with Crippen molar-refractivity contribution in [2.24, 2.45) is 5.10 Å². The fourth-order valence-electron chi connectivity index (χ4n) is 2.32. The lowest BCUT2D eigenvalue weighted by molar-refractivity contribution is -0.233. The summed E-state index contributed by atoms with van der Waals surface area (Å²) in [5.41, 5.74) is 2.66. The first kappa shape index (κ1) is 19.9. The number of aliphatic hydroxyl groups excluding tert-OH is 4. The quantitative estimate of drug-likeness (QED) is 0.226. The number of ether oxygens (including phenoxy) is 2. The lowest BCUT2D eigenvalue weighted by atomic mass is 9.98. The van der Waals surface area contributed by atoms with Gasteiger partial charge in [0.1, 0.15) is 24.4 Å². The van der Waals surface area contributed by atoms with E-state index in [0.29, 0.717) is 5.56 Å². The number of hydrogen-bond acceptors (Lipinski definition) is 9. The minimum absolute atomic E-state index is 0.0435. The first-order valence-electron chi connectivity index (χ1n) is 7.64. The van der Waals surface area contributed by atoms with Crippen LogP contribution in [0.1, 0.15) is 5.56 Å². The van der Waals surface area contributed by atoms with Crippen LogP contribution < -0.4 is 15.5 Å². The third-order valence-electron chi connectivity index (χ3n) is 3.75. The van der Waals surface area contributed by atoms with E-state index in [-0.39, 0.29) is 11.5 Å². The molecule has 2 amide bonds. The maximum atomic E-state index is 11.8. The van der Waals surface area contributed by atoms with Crippen molar-refractivity contribution in [1.82, 2.24) is 10.7 Å². The van der Waals surface area contributed by atoms with E-state index >= 15 is 0 Å². The molecule has 1 saturated heterocycles. The van der Waals surface area contributed by atoms with Gasteiger partial charge in [-0.1, -0.05) is 0 Å². The highest BCUT2D eigenvalue weighted by atomic mass is 16.6. The number of phenolic OH excluding ortho intramolecular Hbond substituents is 1. The number of rotatable bonds is 5. The Labute approximate surface area is 148 Å². The summed E-state index contributed by atoms with van der Waals surface area (Å²) < 4.78 is 10.1. The standard InChI is InChI=1S/C15H21N3O8/c1-25-9-4-7(2-3-8(9)20)5-16-18-15(24)17-14-13(23)12(22)11(21)10(6-19)26-14/h2-5,10-14,19-23H,6H2,1H3,(H2,17,18,24)/t10-,11+,12-,13-,14+/m0/s1. The molecule has 26 heavy (non-hydrogen) atoms. The van der Waals surface area contributed by atoms with Gasteiger partial charge < -0.3 is 40.3 Å². The number of nitrogens with zero attached hydrogens (tertiary/aromatic N) is 1. The Morgan fingerprint density at radius 3 is 2.69 bits per heavy atom. The van der Waals surface area contributed by atoms with Crippen molar-refractivity contribution in [2.45, 2.75) is 30.6 Å². The van der Waals surface area contributed by atoms with Gasteiger partial charge in [0.15, 0.2) is 17.7 Å². The van der Waals surface area contributed by atoms with Crippen LogP contribution in [0, 0.1) is 0 Å². The first-order valence-corrected chi connectivity index (χ1v) is 7.64. The molecule has 7 N–H and O–H groups in total. The van der Waals surface area contributed by atoms with Gasteiger partial charge in [0, 0.05) is 0 Å². The Balaban J connectivity index is 1.92. The minimum Gasteiger partial charge on any atom is -0.504 e. The fourth-order valence-corrected chi connectivity index (χ4v) is 2.32. The number of hydrazone groups is 1. The molecule has 5 atom stereocenters. The average molecular weight is 371 g/mol. The third kappa shape index (κ3) is 4.59. The highest BCUT2D eigenvalue weighted by molar-refractivity contribution is 5.82. The molecule has 0 radical (unpaired) electrons. The Morgan fingerprint density at radius 1 is 1.31 bits per heavy atom. The third-order valence-corrected chi connectivity index (χ3v) is 3.75. The van der Waals surface area contributed by atoms with E-state index in [1.807, 2.05) is 0 Å². The number of urea groups is 1. The molecule has 11 heteroatoms. The van der Waals surface area contributed by atoms with Crippen LogP contribution in [-0.2, 0) is 4.74 Å². The number of carbonyl (C=O) groups excluding carboxylic acids is 1. The van der Waals surface area contributed by atoms with Gasteiger partial charge in [-0.3, -0.25) is 0 Å². The molecule has 1 fully saturated rings. The van der Waals surface area contributed by atoms with Gasteiger partial charge in [-0.25, -0.2) is 10.2 Å². The van der Waals surface area contributed by atoms with E-state index < -0.39 is 43.3 Å². The van der Waals surface area contributed by atoms with Crippen LogP contribution in [0.4, 0.5) is 4.79 Å². The van der Waals surface area contributed by atoms with Crippen LogP contribution in [0.25, 0.3) is 0 Å². The molecule has 1 aromatic carbocycles. The zero-order valence-electron chi connectivity index (χ0n) is 13.8. The van der Waals surface area contributed by atoms with E-state index in [0.717, 1.165) is 0 Å². The first-order chi connectivity index (χ1) is 12.4. The molecule has 0 spiro atoms. The topological polar surface area (TPSA) is 173 Å². The molecule has 2 rings (SSSR count). The summed E-state index contributed by atoms with van der Waals surface area (Å²) in [5, 5.41) is 53.6. The van der Waals surface area contributed by atoms with Crippen molar-refractivity contribution >= 4 is 12.2 Å². The summed E-state index contributed by atoms with van der Waals surface area (Å²) in [4.78, 5) is 11.8. The SMILES string of the molecule is COc1cc(C=NNC(=O)N[C@@H]2O[C@@H](CO)[C@@H](O)[C@H](O)[C@@H]2O)ccc1O. The molecule has 11 nitrogen and oxygen atoms in total. The largest absolute Gasteiger partial charge is 0.504 e. The normalized spacial score (nSPS) is 28.7. The van der Waals surface area contributed by atoms with Gasteiger partial charge in [-0.15, -0.1) is 0 Å². The Hall–Kier alpha value is -2.44. The van der Waals surface area contributed by atoms with E-state index in [1.54, 1.807) is 6.07 Å². The maximum absolute atomic E-state index is 11.8. The Morgan fingerprint density at radius 2 is 2.04 bits per heavy atom. The lowest BCUT2D eigenvalue weighted by Crippen LogP contribution is -2.63. The smallest absolute Gasteiger partial charge is 0.337 e. The van der Waals surface area contributed by atoms with Gasteiger partial charge >= 0.3 is 6.03 Å². The van der Waals surface area contributed by atoms with E-state index in [2.05, 4.69) is 15.8 Å². The van der Waals surface area contributed by atoms with Crippen molar-refractivity contribution in [3.63, 3.8) is 0 Å². The molecule has 0 saturated carbocycles. The lowest BCUT2D eigenvalue weighted by Gasteiger charge is -2.39. The number of methoxy groups -OCH3 is 1.